The number of ketones is 1. The Hall–Kier alpha value is -1.93. The maximum atomic E-state index is 13.7. The first kappa shape index (κ1) is 45.8. The lowest BCUT2D eigenvalue weighted by molar-refractivity contribution is -0.305. The van der Waals surface area contributed by atoms with Crippen LogP contribution >= 0.6 is 0 Å². The quantitative estimate of drug-likeness (QED) is 0.129. The van der Waals surface area contributed by atoms with Crippen LogP contribution in [0.2, 0.25) is 0 Å². The third kappa shape index (κ3) is 10.6. The lowest BCUT2D eigenvalue weighted by Crippen LogP contribution is -2.63. The van der Waals surface area contributed by atoms with Crippen LogP contribution in [0.15, 0.2) is 12.2 Å². The van der Waals surface area contributed by atoms with Crippen molar-refractivity contribution in [1.29, 1.82) is 0 Å². The number of ether oxygens (including phenoxy) is 8. The molecular weight excluding hydrogens is 722 g/mol. The number of hydrogen-bond acceptors (Lipinski definition) is 16. The van der Waals surface area contributed by atoms with E-state index in [1.165, 1.54) is 20.3 Å². The number of epoxide rings is 1. The molecule has 4 N–H and O–H groups in total. The van der Waals surface area contributed by atoms with Crippen LogP contribution in [0.5, 0.6) is 0 Å². The van der Waals surface area contributed by atoms with E-state index in [1.807, 2.05) is 13.8 Å². The largest absolute Gasteiger partial charge is 0.462 e. The minimum absolute atomic E-state index is 0.0129. The fraction of sp³-hybridized carbons (Fsp3) is 0.872. The van der Waals surface area contributed by atoms with Crippen LogP contribution in [0.4, 0.5) is 0 Å². The molecule has 0 amide bonds. The maximum Gasteiger partial charge on any atom is 0.308 e. The van der Waals surface area contributed by atoms with E-state index in [1.54, 1.807) is 52.8 Å². The SMILES string of the molecule is CC[C@H]1OC(=O)C[C@@H](O)[C@H](C)C(O[C@@H]2O[C@H](C)[C@@H](O)[C@H](N(C)C)[C@H]2O)[C@@H](CC=O)C[C@@H](C)C(=O)/C=C/[C@@]2(C)O[C@@H]2C1COC1O[C@H](C)C(O)C(OC)C1OC. The zero-order valence-corrected chi connectivity index (χ0v) is 33.9. The second kappa shape index (κ2) is 19.7. The second-order valence-corrected chi connectivity index (χ2v) is 16.2. The van der Waals surface area contributed by atoms with Crippen molar-refractivity contribution in [3.05, 3.63) is 12.2 Å². The number of aliphatic hydroxyl groups is 4. The first-order chi connectivity index (χ1) is 25.9. The van der Waals surface area contributed by atoms with Crippen LogP contribution in [0.1, 0.15) is 67.2 Å². The van der Waals surface area contributed by atoms with Crippen molar-refractivity contribution in [2.75, 3.05) is 34.9 Å². The number of aliphatic hydroxyl groups excluding tert-OH is 4. The summed E-state index contributed by atoms with van der Waals surface area (Å²) in [6.45, 7) is 10.4. The van der Waals surface area contributed by atoms with Crippen molar-refractivity contribution in [1.82, 2.24) is 4.90 Å². The molecule has 0 bridgehead atoms. The molecule has 0 saturated carbocycles. The number of carbonyl (C=O) groups is 3. The summed E-state index contributed by atoms with van der Waals surface area (Å²) in [5.74, 6) is -3.48. The predicted octanol–water partition coefficient (Wildman–Crippen LogP) is 0.774. The smallest absolute Gasteiger partial charge is 0.308 e. The molecule has 0 aromatic heterocycles. The van der Waals surface area contributed by atoms with E-state index in [0.29, 0.717) is 6.42 Å². The Morgan fingerprint density at radius 2 is 1.56 bits per heavy atom. The summed E-state index contributed by atoms with van der Waals surface area (Å²) in [4.78, 5) is 41.0. The number of rotatable bonds is 11. The molecule has 16 nitrogen and oxygen atoms in total. The number of allylic oxidation sites excluding steroid dienone is 1. The number of nitrogens with zero attached hydrogens (tertiary/aromatic N) is 1. The number of esters is 1. The number of fused-ring (bicyclic) bond motifs is 1. The second-order valence-electron chi connectivity index (χ2n) is 16.2. The summed E-state index contributed by atoms with van der Waals surface area (Å²) in [5, 5.41) is 44.3. The normalized spacial score (nSPS) is 46.8. The molecular formula is C39H65NO15. The molecule has 0 radical (unpaired) electrons. The Morgan fingerprint density at radius 3 is 2.16 bits per heavy atom. The van der Waals surface area contributed by atoms with E-state index in [9.17, 15) is 34.8 Å². The number of hydrogen-bond donors (Lipinski definition) is 4. The summed E-state index contributed by atoms with van der Waals surface area (Å²) in [6.07, 6.45) is -7.97. The van der Waals surface area contributed by atoms with Crippen molar-refractivity contribution in [2.45, 2.75) is 159 Å². The Balaban J connectivity index is 1.64. The van der Waals surface area contributed by atoms with E-state index < -0.39 is 127 Å². The van der Waals surface area contributed by atoms with Gasteiger partial charge in [-0.1, -0.05) is 20.8 Å². The molecule has 4 aliphatic heterocycles. The van der Waals surface area contributed by atoms with Gasteiger partial charge in [0.1, 0.15) is 42.4 Å². The van der Waals surface area contributed by atoms with Gasteiger partial charge in [0, 0.05) is 38.4 Å². The van der Waals surface area contributed by atoms with Gasteiger partial charge in [0.05, 0.1) is 55.7 Å². The predicted molar refractivity (Wildman–Crippen MR) is 195 cm³/mol. The Labute approximate surface area is 324 Å². The Bertz CT molecular complexity index is 1300. The van der Waals surface area contributed by atoms with Gasteiger partial charge in [-0.25, -0.2) is 0 Å². The minimum Gasteiger partial charge on any atom is -0.462 e. The fourth-order valence-electron chi connectivity index (χ4n) is 8.41. The number of aldehydes is 1. The molecule has 0 aliphatic carbocycles. The molecule has 16 heteroatoms. The molecule has 0 aromatic carbocycles. The van der Waals surface area contributed by atoms with Crippen molar-refractivity contribution >= 4 is 18.0 Å². The molecule has 316 valence electrons. The molecule has 0 aromatic rings. The van der Waals surface area contributed by atoms with Crippen molar-refractivity contribution < 1.29 is 72.7 Å². The van der Waals surface area contributed by atoms with Gasteiger partial charge in [-0.3, -0.25) is 9.59 Å². The van der Waals surface area contributed by atoms with Gasteiger partial charge < -0.3 is 68.0 Å². The highest BCUT2D eigenvalue weighted by Crippen LogP contribution is 2.45. The molecule has 4 aliphatic rings. The van der Waals surface area contributed by atoms with Gasteiger partial charge in [-0.2, -0.15) is 0 Å². The minimum atomic E-state index is -1.33. The van der Waals surface area contributed by atoms with Crippen LogP contribution in [-0.4, -0.2) is 170 Å². The van der Waals surface area contributed by atoms with Crippen LogP contribution in [0.25, 0.3) is 0 Å². The summed E-state index contributed by atoms with van der Waals surface area (Å²) < 4.78 is 48.0. The lowest BCUT2D eigenvalue weighted by Gasteiger charge is -2.46. The molecule has 3 fully saturated rings. The molecule has 6 unspecified atom stereocenters. The zero-order valence-electron chi connectivity index (χ0n) is 33.9. The fourth-order valence-corrected chi connectivity index (χ4v) is 8.41. The summed E-state index contributed by atoms with van der Waals surface area (Å²) in [7, 11) is 6.35. The monoisotopic (exact) mass is 787 g/mol. The van der Waals surface area contributed by atoms with E-state index >= 15 is 0 Å². The number of likely N-dealkylation sites (N-methyl/N-ethyl adjacent to an activating group) is 1. The lowest BCUT2D eigenvalue weighted by atomic mass is 9.79. The van der Waals surface area contributed by atoms with Crippen molar-refractivity contribution in [3.8, 4) is 0 Å². The third-order valence-corrected chi connectivity index (χ3v) is 12.0. The van der Waals surface area contributed by atoms with Gasteiger partial charge in [0.25, 0.3) is 0 Å². The third-order valence-electron chi connectivity index (χ3n) is 12.0. The van der Waals surface area contributed by atoms with Crippen molar-refractivity contribution in [2.24, 2.45) is 23.7 Å². The molecule has 19 atom stereocenters. The summed E-state index contributed by atoms with van der Waals surface area (Å²) in [5.41, 5.74) is -0.909. The van der Waals surface area contributed by atoms with Crippen LogP contribution < -0.4 is 0 Å². The van der Waals surface area contributed by atoms with E-state index in [0.717, 1.165) is 6.29 Å². The molecule has 4 heterocycles. The van der Waals surface area contributed by atoms with Gasteiger partial charge >= 0.3 is 5.97 Å². The highest BCUT2D eigenvalue weighted by Gasteiger charge is 2.58. The summed E-state index contributed by atoms with van der Waals surface area (Å²) >= 11 is 0. The maximum absolute atomic E-state index is 13.7. The van der Waals surface area contributed by atoms with E-state index in [2.05, 4.69) is 0 Å². The molecule has 0 spiro atoms. The van der Waals surface area contributed by atoms with E-state index in [4.69, 9.17) is 37.9 Å². The number of cyclic esters (lactones) is 1. The first-order valence-electron chi connectivity index (χ1n) is 19.5. The Kier molecular flexibility index (Phi) is 16.4. The molecule has 55 heavy (non-hydrogen) atoms. The van der Waals surface area contributed by atoms with Crippen LogP contribution in [0.3, 0.4) is 0 Å². The zero-order chi connectivity index (χ0) is 40.9. The van der Waals surface area contributed by atoms with Gasteiger partial charge in [0.15, 0.2) is 18.4 Å². The highest BCUT2D eigenvalue weighted by molar-refractivity contribution is 5.91. The van der Waals surface area contributed by atoms with Crippen LogP contribution in [0, 0.1) is 23.7 Å². The highest BCUT2D eigenvalue weighted by atomic mass is 16.7. The molecule has 4 rings (SSSR count). The van der Waals surface area contributed by atoms with Crippen molar-refractivity contribution in [3.63, 3.8) is 0 Å². The topological polar surface area (TPSA) is 213 Å². The van der Waals surface area contributed by atoms with Gasteiger partial charge in [-0.05, 0) is 65.8 Å². The van der Waals surface area contributed by atoms with Gasteiger partial charge in [-0.15, -0.1) is 0 Å². The summed E-state index contributed by atoms with van der Waals surface area (Å²) in [6, 6.07) is -0.746. The van der Waals surface area contributed by atoms with Crippen LogP contribution in [-0.2, 0) is 52.3 Å². The van der Waals surface area contributed by atoms with E-state index in [-0.39, 0.29) is 25.2 Å². The first-order valence-corrected chi connectivity index (χ1v) is 19.5. The van der Waals surface area contributed by atoms with Gasteiger partial charge in [0.2, 0.25) is 0 Å². The number of methoxy groups -OCH3 is 2. The Morgan fingerprint density at radius 1 is 0.927 bits per heavy atom. The standard InChI is InChI=1S/C39H65NO15/c1-11-27-24(18-50-38-35(49-10)34(48-9)31(46)22(5)52-38)36-39(6,55-36)14-12-25(42)19(2)16-23(13-15-41)33(20(3)26(43)17-28(44)53-27)54-37-32(47)29(40(7)8)30(45)21(4)51-37/h12,14-15,19-24,26-27,29-38,43,45-47H,11,13,16-18H2,1-10H3/b14-12+/t19-,20+,21-,22-,23+,24?,26-,27-,29+,30-,31?,32-,33?,34?,35?,36-,37+,38?,39-/m1/s1. The average Bonchev–Trinajstić information content (AvgIpc) is 3.81. The molecule has 3 saturated heterocycles. The number of carbonyl (C=O) groups excluding carboxylic acids is 3. The average molecular weight is 788 g/mol.